The third-order valence-electron chi connectivity index (χ3n) is 1.47. The Bertz CT molecular complexity index is 202. The summed E-state index contributed by atoms with van der Waals surface area (Å²) in [5, 5.41) is 20.2. The molecule has 0 heterocycles. The van der Waals surface area contributed by atoms with Crippen LogP contribution in [0.1, 0.15) is 19.8 Å². The summed E-state index contributed by atoms with van der Waals surface area (Å²) < 4.78 is 0. The number of hydrogen-bond acceptors (Lipinski definition) is 4. The minimum Gasteiger partial charge on any atom is -0.481 e. The SMILES string of the molecule is C/C=C/[C@H](C[C@@H](O)CC(=O)O)N=O. The van der Waals surface area contributed by atoms with E-state index < -0.39 is 18.1 Å². The van der Waals surface area contributed by atoms with E-state index in [0.717, 1.165) is 0 Å². The highest BCUT2D eigenvalue weighted by molar-refractivity contribution is 5.67. The molecular formula is C8H13NO4. The van der Waals surface area contributed by atoms with Crippen molar-refractivity contribution in [2.45, 2.75) is 31.9 Å². The van der Waals surface area contributed by atoms with E-state index in [9.17, 15) is 9.70 Å². The van der Waals surface area contributed by atoms with Crippen molar-refractivity contribution in [2.75, 3.05) is 0 Å². The molecule has 2 N–H and O–H groups in total. The number of allylic oxidation sites excluding steroid dienone is 1. The van der Waals surface area contributed by atoms with Crippen LogP contribution >= 0.6 is 0 Å². The van der Waals surface area contributed by atoms with Crippen molar-refractivity contribution >= 4 is 5.97 Å². The Morgan fingerprint density at radius 3 is 2.62 bits per heavy atom. The van der Waals surface area contributed by atoms with Crippen LogP contribution in [0.4, 0.5) is 0 Å². The molecule has 5 nitrogen and oxygen atoms in total. The van der Waals surface area contributed by atoms with Crippen molar-refractivity contribution in [1.82, 2.24) is 0 Å². The van der Waals surface area contributed by atoms with Gasteiger partial charge in [-0.05, 0) is 6.92 Å². The predicted molar refractivity (Wildman–Crippen MR) is 47.3 cm³/mol. The third kappa shape index (κ3) is 5.98. The summed E-state index contributed by atoms with van der Waals surface area (Å²) in [5.41, 5.74) is 0. The maximum atomic E-state index is 10.2. The summed E-state index contributed by atoms with van der Waals surface area (Å²) in [4.78, 5) is 20.3. The van der Waals surface area contributed by atoms with Gasteiger partial charge in [-0.25, -0.2) is 0 Å². The first-order valence-electron chi connectivity index (χ1n) is 3.95. The monoisotopic (exact) mass is 187 g/mol. The van der Waals surface area contributed by atoms with Gasteiger partial charge >= 0.3 is 5.97 Å². The first kappa shape index (κ1) is 11.8. The molecule has 0 aliphatic heterocycles. The van der Waals surface area contributed by atoms with Crippen LogP contribution in [0.5, 0.6) is 0 Å². The lowest BCUT2D eigenvalue weighted by Gasteiger charge is -2.08. The Kier molecular flexibility index (Phi) is 5.71. The number of rotatable bonds is 6. The minimum atomic E-state index is -1.09. The van der Waals surface area contributed by atoms with Gasteiger partial charge in [-0.3, -0.25) is 4.79 Å². The Morgan fingerprint density at radius 2 is 2.23 bits per heavy atom. The highest BCUT2D eigenvalue weighted by atomic mass is 16.4. The number of carboxylic acid groups (broad SMARTS) is 1. The molecule has 0 saturated heterocycles. The van der Waals surface area contributed by atoms with Gasteiger partial charge in [-0.2, -0.15) is 4.91 Å². The van der Waals surface area contributed by atoms with E-state index in [1.165, 1.54) is 6.08 Å². The smallest absolute Gasteiger partial charge is 0.305 e. The van der Waals surface area contributed by atoms with Crippen LogP contribution < -0.4 is 0 Å². The number of nitrogens with zero attached hydrogens (tertiary/aromatic N) is 1. The topological polar surface area (TPSA) is 87.0 Å². The number of carboxylic acids is 1. The lowest BCUT2D eigenvalue weighted by molar-refractivity contribution is -0.139. The van der Waals surface area contributed by atoms with E-state index in [1.54, 1.807) is 13.0 Å². The fourth-order valence-corrected chi connectivity index (χ4v) is 0.943. The molecule has 0 saturated carbocycles. The fraction of sp³-hybridized carbons (Fsp3) is 0.625. The van der Waals surface area contributed by atoms with Crippen molar-refractivity contribution in [3.8, 4) is 0 Å². The first-order valence-corrected chi connectivity index (χ1v) is 3.95. The predicted octanol–water partition coefficient (Wildman–Crippen LogP) is 0.923. The molecular weight excluding hydrogens is 174 g/mol. The second kappa shape index (κ2) is 6.30. The lowest BCUT2D eigenvalue weighted by atomic mass is 10.1. The zero-order chi connectivity index (χ0) is 10.3. The molecule has 0 fully saturated rings. The summed E-state index contributed by atoms with van der Waals surface area (Å²) in [5.74, 6) is -1.09. The quantitative estimate of drug-likeness (QED) is 0.478. The zero-order valence-corrected chi connectivity index (χ0v) is 7.38. The van der Waals surface area contributed by atoms with Gasteiger partial charge in [0, 0.05) is 6.42 Å². The molecule has 0 unspecified atom stereocenters. The lowest BCUT2D eigenvalue weighted by Crippen LogP contribution is -2.18. The summed E-state index contributed by atoms with van der Waals surface area (Å²) in [6.45, 7) is 1.72. The molecule has 5 heteroatoms. The van der Waals surface area contributed by atoms with Gasteiger partial charge in [0.1, 0.15) is 6.04 Å². The van der Waals surface area contributed by atoms with Crippen LogP contribution in [-0.4, -0.2) is 28.3 Å². The molecule has 0 aliphatic rings. The zero-order valence-electron chi connectivity index (χ0n) is 7.38. The molecule has 0 spiro atoms. The first-order chi connectivity index (χ1) is 6.10. The second-order valence-corrected chi connectivity index (χ2v) is 2.69. The van der Waals surface area contributed by atoms with Gasteiger partial charge in [0.15, 0.2) is 0 Å². The van der Waals surface area contributed by atoms with E-state index in [-0.39, 0.29) is 12.8 Å². The highest BCUT2D eigenvalue weighted by Crippen LogP contribution is 2.07. The molecule has 0 aromatic carbocycles. The Morgan fingerprint density at radius 1 is 1.62 bits per heavy atom. The molecule has 0 radical (unpaired) electrons. The van der Waals surface area contributed by atoms with Crippen molar-refractivity contribution in [2.24, 2.45) is 5.18 Å². The molecule has 0 aliphatic carbocycles. The number of carbonyl (C=O) groups is 1. The minimum absolute atomic E-state index is 0.0557. The Hall–Kier alpha value is -1.23. The molecule has 0 rings (SSSR count). The summed E-state index contributed by atoms with van der Waals surface area (Å²) >= 11 is 0. The van der Waals surface area contributed by atoms with Crippen molar-refractivity contribution in [3.63, 3.8) is 0 Å². The normalized spacial score (nSPS) is 15.5. The average molecular weight is 187 g/mol. The van der Waals surface area contributed by atoms with Crippen molar-refractivity contribution in [1.29, 1.82) is 0 Å². The number of hydrogen-bond donors (Lipinski definition) is 2. The number of aliphatic hydroxyl groups is 1. The second-order valence-electron chi connectivity index (χ2n) is 2.69. The van der Waals surface area contributed by atoms with Gasteiger partial charge < -0.3 is 10.2 Å². The van der Waals surface area contributed by atoms with E-state index in [2.05, 4.69) is 5.18 Å². The number of aliphatic carboxylic acids is 1. The standard InChI is InChI=1S/C8H13NO4/c1-2-3-6(9-13)4-7(10)5-8(11)12/h2-3,6-7,10H,4-5H2,1H3,(H,11,12)/b3-2+/t6-,7-/m1/s1. The maximum absolute atomic E-state index is 10.2. The number of aliphatic hydroxyl groups excluding tert-OH is 1. The van der Waals surface area contributed by atoms with Crippen LogP contribution in [0.3, 0.4) is 0 Å². The van der Waals surface area contributed by atoms with E-state index >= 15 is 0 Å². The highest BCUT2D eigenvalue weighted by Gasteiger charge is 2.14. The van der Waals surface area contributed by atoms with Crippen LogP contribution in [0.15, 0.2) is 17.3 Å². The van der Waals surface area contributed by atoms with Crippen LogP contribution in [-0.2, 0) is 4.79 Å². The summed E-state index contributed by atoms with van der Waals surface area (Å²) in [7, 11) is 0. The average Bonchev–Trinajstić information content (AvgIpc) is 2.02. The Labute approximate surface area is 76.0 Å². The van der Waals surface area contributed by atoms with Gasteiger partial charge in [0.25, 0.3) is 0 Å². The molecule has 13 heavy (non-hydrogen) atoms. The largest absolute Gasteiger partial charge is 0.481 e. The molecule has 0 bridgehead atoms. The van der Waals surface area contributed by atoms with Crippen LogP contribution in [0.2, 0.25) is 0 Å². The fourth-order valence-electron chi connectivity index (χ4n) is 0.943. The van der Waals surface area contributed by atoms with Gasteiger partial charge in [0.05, 0.1) is 12.5 Å². The molecule has 0 aromatic heterocycles. The van der Waals surface area contributed by atoms with Gasteiger partial charge in [-0.1, -0.05) is 17.3 Å². The molecule has 74 valence electrons. The third-order valence-corrected chi connectivity index (χ3v) is 1.47. The molecule has 2 atom stereocenters. The molecule has 0 aromatic rings. The van der Waals surface area contributed by atoms with Gasteiger partial charge in [-0.15, -0.1) is 0 Å². The maximum Gasteiger partial charge on any atom is 0.305 e. The summed E-state index contributed by atoms with van der Waals surface area (Å²) in [6, 6.07) is -0.639. The summed E-state index contributed by atoms with van der Waals surface area (Å²) in [6.07, 6.45) is 1.85. The van der Waals surface area contributed by atoms with Gasteiger partial charge in [0.2, 0.25) is 0 Å². The van der Waals surface area contributed by atoms with E-state index in [1.807, 2.05) is 0 Å². The van der Waals surface area contributed by atoms with E-state index in [0.29, 0.717) is 0 Å². The number of nitroso groups, excluding NO2 is 1. The molecule has 0 amide bonds. The van der Waals surface area contributed by atoms with Crippen molar-refractivity contribution in [3.05, 3.63) is 17.1 Å². The van der Waals surface area contributed by atoms with Crippen LogP contribution in [0.25, 0.3) is 0 Å². The Balaban J connectivity index is 3.92. The van der Waals surface area contributed by atoms with E-state index in [4.69, 9.17) is 10.2 Å². The van der Waals surface area contributed by atoms with Crippen molar-refractivity contribution < 1.29 is 15.0 Å². The van der Waals surface area contributed by atoms with Crippen LogP contribution in [0, 0.1) is 4.91 Å².